The third-order valence-corrected chi connectivity index (χ3v) is 7.35. The van der Waals surface area contributed by atoms with Crippen LogP contribution in [0.1, 0.15) is 5.56 Å². The molecule has 0 spiro atoms. The molecule has 0 saturated heterocycles. The van der Waals surface area contributed by atoms with E-state index in [9.17, 15) is 22.5 Å². The van der Waals surface area contributed by atoms with E-state index in [0.29, 0.717) is 39.7 Å². The van der Waals surface area contributed by atoms with Gasteiger partial charge in [-0.1, -0.05) is 18.2 Å². The molecule has 3 aromatic carbocycles. The summed E-state index contributed by atoms with van der Waals surface area (Å²) in [6.45, 7) is 0. The summed E-state index contributed by atoms with van der Waals surface area (Å²) < 4.78 is 60.7. The summed E-state index contributed by atoms with van der Waals surface area (Å²) in [5, 5.41) is 9.99. The van der Waals surface area contributed by atoms with Crippen molar-refractivity contribution in [2.45, 2.75) is 4.90 Å². The number of benzene rings is 3. The Labute approximate surface area is 222 Å². The third-order valence-electron chi connectivity index (χ3n) is 5.95. The molecule has 0 bridgehead atoms. The lowest BCUT2D eigenvalue weighted by molar-refractivity contribution is 0.400. The summed E-state index contributed by atoms with van der Waals surface area (Å²) in [5.41, 5.74) is 9.88. The van der Waals surface area contributed by atoms with Crippen LogP contribution in [0, 0.1) is 23.0 Å². The van der Waals surface area contributed by atoms with Crippen molar-refractivity contribution in [2.75, 3.05) is 17.6 Å². The van der Waals surface area contributed by atoms with Gasteiger partial charge >= 0.3 is 0 Å². The molecule has 0 radical (unpaired) electrons. The van der Waals surface area contributed by atoms with Crippen molar-refractivity contribution in [1.82, 2.24) is 9.97 Å². The van der Waals surface area contributed by atoms with E-state index in [1.807, 2.05) is 18.2 Å². The Morgan fingerprint density at radius 3 is 2.54 bits per heavy atom. The summed E-state index contributed by atoms with van der Waals surface area (Å²) in [5.74, 6) is -1.87. The Morgan fingerprint density at radius 2 is 1.79 bits per heavy atom. The number of pyridine rings is 2. The molecule has 2 heterocycles. The van der Waals surface area contributed by atoms with Gasteiger partial charge in [-0.25, -0.2) is 27.2 Å². The number of hydrogen-bond acceptors (Lipinski definition) is 7. The van der Waals surface area contributed by atoms with Crippen LogP contribution >= 0.6 is 0 Å². The molecule has 5 aromatic rings. The highest BCUT2D eigenvalue weighted by Gasteiger charge is 2.22. The first-order chi connectivity index (χ1) is 18.7. The number of halogens is 2. The molecule has 0 saturated carbocycles. The number of ether oxygens (including phenoxy) is 1. The minimum absolute atomic E-state index is 0.0386. The Kier molecular flexibility index (Phi) is 6.55. The maximum atomic E-state index is 14.2. The fraction of sp³-hybridized carbons (Fsp3) is 0.0357. The number of nitriles is 1. The molecular weight excluding hydrogens is 524 g/mol. The van der Waals surface area contributed by atoms with Gasteiger partial charge in [-0.05, 0) is 59.7 Å². The first-order valence-electron chi connectivity index (χ1n) is 11.4. The number of nitrogen functional groups attached to an aromatic ring is 1. The van der Waals surface area contributed by atoms with Crippen molar-refractivity contribution in [1.29, 1.82) is 5.26 Å². The monoisotopic (exact) mass is 543 g/mol. The van der Waals surface area contributed by atoms with E-state index in [1.54, 1.807) is 30.3 Å². The highest BCUT2D eigenvalue weighted by molar-refractivity contribution is 7.92. The van der Waals surface area contributed by atoms with Crippen LogP contribution in [0.4, 0.5) is 20.3 Å². The van der Waals surface area contributed by atoms with Gasteiger partial charge in [-0.2, -0.15) is 5.26 Å². The fourth-order valence-corrected chi connectivity index (χ4v) is 5.21. The summed E-state index contributed by atoms with van der Waals surface area (Å²) in [6, 6.07) is 20.0. The smallest absolute Gasteiger partial charge is 0.264 e. The molecule has 0 aliphatic carbocycles. The summed E-state index contributed by atoms with van der Waals surface area (Å²) in [7, 11) is -3.12. The van der Waals surface area contributed by atoms with E-state index in [-0.39, 0.29) is 11.6 Å². The first kappa shape index (κ1) is 25.6. The van der Waals surface area contributed by atoms with Crippen LogP contribution in [0.25, 0.3) is 33.2 Å². The Hall–Kier alpha value is -5.08. The highest BCUT2D eigenvalue weighted by atomic mass is 32.2. The molecule has 39 heavy (non-hydrogen) atoms. The lowest BCUT2D eigenvalue weighted by atomic mass is 10.00. The van der Waals surface area contributed by atoms with Crippen LogP contribution in [0.2, 0.25) is 0 Å². The van der Waals surface area contributed by atoms with Crippen LogP contribution in [-0.4, -0.2) is 25.5 Å². The molecule has 0 aliphatic rings. The van der Waals surface area contributed by atoms with Crippen LogP contribution < -0.4 is 15.2 Å². The topological polar surface area (TPSA) is 131 Å². The molecule has 8 nitrogen and oxygen atoms in total. The zero-order valence-corrected chi connectivity index (χ0v) is 21.1. The number of anilines is 2. The number of nitrogens with zero attached hydrogens (tertiary/aromatic N) is 3. The van der Waals surface area contributed by atoms with E-state index < -0.39 is 26.6 Å². The van der Waals surface area contributed by atoms with E-state index in [4.69, 9.17) is 10.5 Å². The van der Waals surface area contributed by atoms with Gasteiger partial charge in [0.05, 0.1) is 24.3 Å². The second-order valence-electron chi connectivity index (χ2n) is 8.48. The second kappa shape index (κ2) is 10.00. The van der Waals surface area contributed by atoms with E-state index >= 15 is 0 Å². The number of sulfonamides is 1. The standard InChI is InChI=1S/C28H19F2N5O3S/c1-38-28-25(35-39(36,37)26-8-6-21(29)13-23(26)30)12-20(15-33-28)17-5-7-24-19(10-17)11-22(27(32)34-24)18-4-2-3-16(9-18)14-31/h2-13,15,35H,1H3,(H2,32,34). The molecule has 3 N–H and O–H groups in total. The Morgan fingerprint density at radius 1 is 0.974 bits per heavy atom. The molecule has 194 valence electrons. The molecule has 0 amide bonds. The molecule has 0 aliphatic heterocycles. The SMILES string of the molecule is COc1ncc(-c2ccc3nc(N)c(-c4cccc(C#N)c4)cc3c2)cc1NS(=O)(=O)c1ccc(F)cc1F. The summed E-state index contributed by atoms with van der Waals surface area (Å²) in [6.07, 6.45) is 1.50. The molecule has 0 fully saturated rings. The molecular formula is C28H19F2N5O3S. The Bertz CT molecular complexity index is 1910. The van der Waals surface area contributed by atoms with Gasteiger partial charge in [0.25, 0.3) is 10.0 Å². The average Bonchev–Trinajstić information content (AvgIpc) is 2.92. The normalized spacial score (nSPS) is 11.2. The largest absolute Gasteiger partial charge is 0.480 e. The second-order valence-corrected chi connectivity index (χ2v) is 10.1. The molecule has 2 aromatic heterocycles. The first-order valence-corrected chi connectivity index (χ1v) is 12.9. The number of nitrogens with two attached hydrogens (primary N) is 1. The quantitative estimate of drug-likeness (QED) is 0.289. The number of fused-ring (bicyclic) bond motifs is 1. The zero-order valence-electron chi connectivity index (χ0n) is 20.3. The molecule has 0 unspecified atom stereocenters. The lowest BCUT2D eigenvalue weighted by Gasteiger charge is -2.14. The molecule has 0 atom stereocenters. The number of nitrogens with one attached hydrogen (secondary N) is 1. The molecule has 11 heteroatoms. The van der Waals surface area contributed by atoms with Gasteiger partial charge in [0.1, 0.15) is 28.0 Å². The van der Waals surface area contributed by atoms with Crippen molar-refractivity contribution in [3.8, 4) is 34.2 Å². The molecule has 5 rings (SSSR count). The number of rotatable bonds is 6. The van der Waals surface area contributed by atoms with Gasteiger partial charge in [-0.3, -0.25) is 4.72 Å². The maximum absolute atomic E-state index is 14.2. The van der Waals surface area contributed by atoms with Crippen LogP contribution in [0.3, 0.4) is 0 Å². The van der Waals surface area contributed by atoms with Gasteiger partial charge in [-0.15, -0.1) is 0 Å². The predicted molar refractivity (Wildman–Crippen MR) is 143 cm³/mol. The number of methoxy groups -OCH3 is 1. The van der Waals surface area contributed by atoms with Crippen molar-refractivity contribution in [3.05, 3.63) is 96.2 Å². The minimum atomic E-state index is -4.43. The summed E-state index contributed by atoms with van der Waals surface area (Å²) >= 11 is 0. The number of aromatic nitrogens is 2. The van der Waals surface area contributed by atoms with Crippen molar-refractivity contribution in [3.63, 3.8) is 0 Å². The highest BCUT2D eigenvalue weighted by Crippen LogP contribution is 2.34. The van der Waals surface area contributed by atoms with E-state index in [1.165, 1.54) is 19.4 Å². The van der Waals surface area contributed by atoms with Gasteiger partial charge in [0.15, 0.2) is 0 Å². The lowest BCUT2D eigenvalue weighted by Crippen LogP contribution is -2.15. The fourth-order valence-electron chi connectivity index (χ4n) is 4.10. The van der Waals surface area contributed by atoms with Gasteiger partial charge < -0.3 is 10.5 Å². The zero-order chi connectivity index (χ0) is 27.7. The third kappa shape index (κ3) is 5.05. The van der Waals surface area contributed by atoms with Crippen molar-refractivity contribution >= 4 is 32.4 Å². The van der Waals surface area contributed by atoms with Crippen molar-refractivity contribution < 1.29 is 21.9 Å². The Balaban J connectivity index is 1.56. The van der Waals surface area contributed by atoms with Crippen LogP contribution in [-0.2, 0) is 10.0 Å². The number of hydrogen-bond donors (Lipinski definition) is 2. The van der Waals surface area contributed by atoms with Gasteiger partial charge in [0.2, 0.25) is 5.88 Å². The summed E-state index contributed by atoms with van der Waals surface area (Å²) in [4.78, 5) is 7.96. The predicted octanol–water partition coefficient (Wildman–Crippen LogP) is 5.51. The van der Waals surface area contributed by atoms with Crippen molar-refractivity contribution in [2.24, 2.45) is 0 Å². The van der Waals surface area contributed by atoms with Crippen LogP contribution in [0.5, 0.6) is 5.88 Å². The van der Waals surface area contributed by atoms with Crippen LogP contribution in [0.15, 0.2) is 83.9 Å². The van der Waals surface area contributed by atoms with Gasteiger partial charge in [0, 0.05) is 28.8 Å². The maximum Gasteiger partial charge on any atom is 0.264 e. The van der Waals surface area contributed by atoms with E-state index in [2.05, 4.69) is 20.8 Å². The van der Waals surface area contributed by atoms with E-state index in [0.717, 1.165) is 23.1 Å². The minimum Gasteiger partial charge on any atom is -0.480 e. The average molecular weight is 544 g/mol.